The van der Waals surface area contributed by atoms with E-state index in [0.717, 1.165) is 22.6 Å². The predicted molar refractivity (Wildman–Crippen MR) is 102 cm³/mol. The molecule has 2 heterocycles. The molecule has 0 bridgehead atoms. The van der Waals surface area contributed by atoms with Gasteiger partial charge in [0.2, 0.25) is 5.91 Å². The maximum Gasteiger partial charge on any atom is 0.257 e. The molecule has 3 aromatic rings. The molecule has 1 fully saturated rings. The molecule has 138 valence electrons. The highest BCUT2D eigenvalue weighted by atomic mass is 16.5. The molecule has 0 saturated carbocycles. The number of carbonyl (C=O) groups is 1. The predicted octanol–water partition coefficient (Wildman–Crippen LogP) is 3.88. The molecule has 6 nitrogen and oxygen atoms in total. The van der Waals surface area contributed by atoms with Crippen molar-refractivity contribution in [2.24, 2.45) is 0 Å². The summed E-state index contributed by atoms with van der Waals surface area (Å²) in [5.74, 6) is 1.80. The van der Waals surface area contributed by atoms with Crippen LogP contribution in [0.4, 0.5) is 5.69 Å². The summed E-state index contributed by atoms with van der Waals surface area (Å²) in [6.07, 6.45) is 0.384. The third kappa shape index (κ3) is 3.18. The molecule has 1 aromatic heterocycles. The molecule has 0 spiro atoms. The highest BCUT2D eigenvalue weighted by Gasteiger charge is 2.35. The van der Waals surface area contributed by atoms with E-state index in [2.05, 4.69) is 23.1 Å². The minimum absolute atomic E-state index is 0.0758. The fourth-order valence-electron chi connectivity index (χ4n) is 3.39. The molecular formula is C21H21N3O3. The molecular weight excluding hydrogens is 342 g/mol. The summed E-state index contributed by atoms with van der Waals surface area (Å²) in [5.41, 5.74) is 4.08. The molecule has 1 amide bonds. The average molecular weight is 363 g/mol. The Morgan fingerprint density at radius 3 is 2.67 bits per heavy atom. The molecule has 1 aliphatic rings. The van der Waals surface area contributed by atoms with Crippen LogP contribution in [-0.2, 0) is 4.79 Å². The Bertz CT molecular complexity index is 979. The van der Waals surface area contributed by atoms with Crippen molar-refractivity contribution < 1.29 is 14.1 Å². The van der Waals surface area contributed by atoms with Crippen molar-refractivity contribution in [1.29, 1.82) is 0 Å². The molecule has 1 aliphatic heterocycles. The fraction of sp³-hybridized carbons (Fsp3) is 0.286. The third-order valence-corrected chi connectivity index (χ3v) is 5.14. The van der Waals surface area contributed by atoms with Crippen molar-refractivity contribution in [3.8, 4) is 17.2 Å². The fourth-order valence-corrected chi connectivity index (χ4v) is 3.39. The Hall–Kier alpha value is -3.15. The van der Waals surface area contributed by atoms with Gasteiger partial charge in [-0.3, -0.25) is 4.79 Å². The number of aromatic nitrogens is 2. The summed E-state index contributed by atoms with van der Waals surface area (Å²) in [6.45, 7) is 4.66. The highest BCUT2D eigenvalue weighted by Crippen LogP contribution is 2.34. The van der Waals surface area contributed by atoms with E-state index in [9.17, 15) is 4.79 Å². The van der Waals surface area contributed by atoms with Gasteiger partial charge < -0.3 is 14.2 Å². The summed E-state index contributed by atoms with van der Waals surface area (Å²) in [7, 11) is 1.62. The van der Waals surface area contributed by atoms with Crippen LogP contribution < -0.4 is 9.64 Å². The molecule has 27 heavy (non-hydrogen) atoms. The second-order valence-electron chi connectivity index (χ2n) is 6.81. The number of aryl methyl sites for hydroxylation is 1. The number of amides is 1. The van der Waals surface area contributed by atoms with Crippen LogP contribution in [0.15, 0.2) is 47.0 Å². The summed E-state index contributed by atoms with van der Waals surface area (Å²) < 4.78 is 10.6. The van der Waals surface area contributed by atoms with Crippen LogP contribution in [0.5, 0.6) is 5.75 Å². The number of methoxy groups -OCH3 is 1. The van der Waals surface area contributed by atoms with Gasteiger partial charge in [-0.05, 0) is 55.3 Å². The lowest BCUT2D eigenvalue weighted by atomic mass is 10.1. The molecule has 1 atom stereocenters. The molecule has 0 radical (unpaired) electrons. The normalized spacial score (nSPS) is 16.8. The Morgan fingerprint density at radius 2 is 1.93 bits per heavy atom. The Balaban J connectivity index is 1.56. The zero-order chi connectivity index (χ0) is 19.0. The van der Waals surface area contributed by atoms with Crippen LogP contribution >= 0.6 is 0 Å². The number of carbonyl (C=O) groups excluding carboxylic acids is 1. The molecule has 1 saturated heterocycles. The van der Waals surface area contributed by atoms with Crippen molar-refractivity contribution in [1.82, 2.24) is 10.1 Å². The average Bonchev–Trinajstić information content (AvgIpc) is 3.31. The Labute approximate surface area is 157 Å². The molecule has 0 N–H and O–H groups in total. The van der Waals surface area contributed by atoms with Gasteiger partial charge in [-0.15, -0.1) is 0 Å². The lowest BCUT2D eigenvalue weighted by Crippen LogP contribution is -2.25. The number of benzene rings is 2. The van der Waals surface area contributed by atoms with E-state index >= 15 is 0 Å². The Morgan fingerprint density at radius 1 is 1.15 bits per heavy atom. The number of nitrogens with zero attached hydrogens (tertiary/aromatic N) is 3. The number of hydrogen-bond donors (Lipinski definition) is 0. The first-order valence-electron chi connectivity index (χ1n) is 8.91. The first-order chi connectivity index (χ1) is 13.1. The van der Waals surface area contributed by atoms with Crippen molar-refractivity contribution in [2.45, 2.75) is 26.2 Å². The maximum atomic E-state index is 12.6. The molecule has 4 rings (SSSR count). The number of rotatable bonds is 4. The minimum Gasteiger partial charge on any atom is -0.497 e. The van der Waals surface area contributed by atoms with Crippen molar-refractivity contribution in [3.63, 3.8) is 0 Å². The second kappa shape index (κ2) is 6.87. The second-order valence-corrected chi connectivity index (χ2v) is 6.81. The van der Waals surface area contributed by atoms with E-state index in [-0.39, 0.29) is 11.8 Å². The van der Waals surface area contributed by atoms with Gasteiger partial charge in [0.05, 0.1) is 7.11 Å². The molecule has 0 aliphatic carbocycles. The zero-order valence-corrected chi connectivity index (χ0v) is 15.6. The first-order valence-corrected chi connectivity index (χ1v) is 8.91. The zero-order valence-electron chi connectivity index (χ0n) is 15.6. The number of hydrogen-bond acceptors (Lipinski definition) is 5. The maximum absolute atomic E-state index is 12.6. The van der Waals surface area contributed by atoms with Gasteiger partial charge >= 0.3 is 0 Å². The summed E-state index contributed by atoms with van der Waals surface area (Å²) >= 11 is 0. The van der Waals surface area contributed by atoms with Crippen LogP contribution in [0.3, 0.4) is 0 Å². The summed E-state index contributed by atoms with van der Waals surface area (Å²) in [5, 5.41) is 4.12. The van der Waals surface area contributed by atoms with E-state index in [0.29, 0.717) is 24.7 Å². The quantitative estimate of drug-likeness (QED) is 0.703. The molecule has 2 aromatic carbocycles. The van der Waals surface area contributed by atoms with E-state index < -0.39 is 0 Å². The Kier molecular flexibility index (Phi) is 4.39. The molecule has 1 unspecified atom stereocenters. The number of anilines is 1. The van der Waals surface area contributed by atoms with Gasteiger partial charge in [0, 0.05) is 30.1 Å². The van der Waals surface area contributed by atoms with E-state index in [1.165, 1.54) is 5.56 Å². The first kappa shape index (κ1) is 17.3. The van der Waals surface area contributed by atoms with Gasteiger partial charge in [-0.25, -0.2) is 0 Å². The van der Waals surface area contributed by atoms with Gasteiger partial charge in [-0.2, -0.15) is 4.98 Å². The van der Waals surface area contributed by atoms with Crippen LogP contribution in [0, 0.1) is 13.8 Å². The van der Waals surface area contributed by atoms with Crippen LogP contribution in [0.25, 0.3) is 11.5 Å². The smallest absolute Gasteiger partial charge is 0.257 e. The monoisotopic (exact) mass is 363 g/mol. The summed E-state index contributed by atoms with van der Waals surface area (Å²) in [4.78, 5) is 18.9. The van der Waals surface area contributed by atoms with E-state index in [4.69, 9.17) is 9.26 Å². The van der Waals surface area contributed by atoms with Crippen LogP contribution in [0.2, 0.25) is 0 Å². The lowest BCUT2D eigenvalue weighted by Gasteiger charge is -2.19. The standard InChI is InChI=1S/C21H21N3O3/c1-13-5-4-6-18(14(13)2)24-12-16(11-19(24)25)20-22-21(27-23-20)15-7-9-17(26-3)10-8-15/h4-10,16H,11-12H2,1-3H3. The minimum atomic E-state index is -0.0758. The van der Waals surface area contributed by atoms with Gasteiger partial charge in [0.25, 0.3) is 5.89 Å². The van der Waals surface area contributed by atoms with Crippen LogP contribution in [-0.4, -0.2) is 29.7 Å². The van der Waals surface area contributed by atoms with Crippen molar-refractivity contribution in [3.05, 3.63) is 59.4 Å². The largest absolute Gasteiger partial charge is 0.497 e. The van der Waals surface area contributed by atoms with Gasteiger partial charge in [-0.1, -0.05) is 17.3 Å². The topological polar surface area (TPSA) is 68.5 Å². The SMILES string of the molecule is COc1ccc(-c2nc(C3CC(=O)N(c4cccc(C)c4C)C3)no2)cc1. The van der Waals surface area contributed by atoms with E-state index in [1.54, 1.807) is 7.11 Å². The van der Waals surface area contributed by atoms with Crippen LogP contribution in [0.1, 0.15) is 29.3 Å². The molecule has 6 heteroatoms. The number of ether oxygens (including phenoxy) is 1. The summed E-state index contributed by atoms with van der Waals surface area (Å²) in [6, 6.07) is 13.5. The van der Waals surface area contributed by atoms with Crippen molar-refractivity contribution in [2.75, 3.05) is 18.6 Å². The van der Waals surface area contributed by atoms with Gasteiger partial charge in [0.15, 0.2) is 5.82 Å². The third-order valence-electron chi connectivity index (χ3n) is 5.14. The van der Waals surface area contributed by atoms with Crippen molar-refractivity contribution >= 4 is 11.6 Å². The van der Waals surface area contributed by atoms with Gasteiger partial charge in [0.1, 0.15) is 5.75 Å². The van der Waals surface area contributed by atoms with E-state index in [1.807, 2.05) is 48.2 Å². The lowest BCUT2D eigenvalue weighted by molar-refractivity contribution is -0.117. The highest BCUT2D eigenvalue weighted by molar-refractivity contribution is 5.97.